The molecule has 8 heteroatoms. The van der Waals surface area contributed by atoms with Crippen LogP contribution in [0.3, 0.4) is 0 Å². The van der Waals surface area contributed by atoms with E-state index in [0.717, 1.165) is 30.4 Å². The highest BCUT2D eigenvalue weighted by Crippen LogP contribution is 2.45. The normalized spacial score (nSPS) is 16.0. The molecule has 1 aliphatic carbocycles. The summed E-state index contributed by atoms with van der Waals surface area (Å²) in [7, 11) is 0. The van der Waals surface area contributed by atoms with Crippen LogP contribution in [-0.2, 0) is 19.4 Å². The highest BCUT2D eigenvalue weighted by molar-refractivity contribution is 7.16. The number of rotatable bonds is 6. The van der Waals surface area contributed by atoms with Crippen LogP contribution in [0.1, 0.15) is 59.3 Å². The SMILES string of the molecule is CC(C)(C)[C@@H]1CCc2c(sc(N=Cc3ccc([N+](=O)[O-])cc3)c2C(=O)NCc2ccco2)C1. The number of hydrogen-bond donors (Lipinski definition) is 1. The summed E-state index contributed by atoms with van der Waals surface area (Å²) in [5.41, 5.74) is 2.69. The average Bonchev–Trinajstić information content (AvgIpc) is 3.42. The van der Waals surface area contributed by atoms with Crippen LogP contribution in [-0.4, -0.2) is 17.0 Å². The third-order valence-corrected chi connectivity index (χ3v) is 7.30. The Morgan fingerprint density at radius 3 is 2.70 bits per heavy atom. The molecule has 0 radical (unpaired) electrons. The van der Waals surface area contributed by atoms with Crippen LogP contribution in [0.4, 0.5) is 10.7 Å². The van der Waals surface area contributed by atoms with Gasteiger partial charge in [0.2, 0.25) is 0 Å². The molecular formula is C25H27N3O4S. The monoisotopic (exact) mass is 465 g/mol. The van der Waals surface area contributed by atoms with Gasteiger partial charge in [-0.25, -0.2) is 4.99 Å². The van der Waals surface area contributed by atoms with Gasteiger partial charge in [-0.15, -0.1) is 11.3 Å². The molecular weight excluding hydrogens is 438 g/mol. The van der Waals surface area contributed by atoms with Crippen molar-refractivity contribution < 1.29 is 14.1 Å². The number of fused-ring (bicyclic) bond motifs is 1. The molecule has 33 heavy (non-hydrogen) atoms. The first kappa shape index (κ1) is 22.9. The predicted molar refractivity (Wildman–Crippen MR) is 130 cm³/mol. The molecule has 3 aromatic rings. The van der Waals surface area contributed by atoms with E-state index in [4.69, 9.17) is 4.42 Å². The molecule has 1 aliphatic rings. The summed E-state index contributed by atoms with van der Waals surface area (Å²) in [5.74, 6) is 1.08. The van der Waals surface area contributed by atoms with E-state index >= 15 is 0 Å². The zero-order valence-corrected chi connectivity index (χ0v) is 19.8. The summed E-state index contributed by atoms with van der Waals surface area (Å²) in [4.78, 5) is 29.5. The fourth-order valence-electron chi connectivity index (χ4n) is 4.12. The van der Waals surface area contributed by atoms with Crippen LogP contribution in [0.5, 0.6) is 0 Å². The van der Waals surface area contributed by atoms with E-state index in [1.54, 1.807) is 42.0 Å². The second-order valence-corrected chi connectivity index (χ2v) is 10.4. The maximum absolute atomic E-state index is 13.2. The lowest BCUT2D eigenvalue weighted by atomic mass is 9.72. The zero-order valence-electron chi connectivity index (χ0n) is 19.0. The number of amides is 1. The number of aliphatic imine (C=N–C) groups is 1. The van der Waals surface area contributed by atoms with E-state index in [9.17, 15) is 14.9 Å². The summed E-state index contributed by atoms with van der Waals surface area (Å²) in [6, 6.07) is 9.83. The highest BCUT2D eigenvalue weighted by Gasteiger charge is 2.33. The summed E-state index contributed by atoms with van der Waals surface area (Å²) >= 11 is 1.57. The number of hydrogen-bond acceptors (Lipinski definition) is 6. The molecule has 7 nitrogen and oxygen atoms in total. The number of furan rings is 1. The quantitative estimate of drug-likeness (QED) is 0.271. The average molecular weight is 466 g/mol. The molecule has 1 atom stereocenters. The smallest absolute Gasteiger partial charge is 0.269 e. The Morgan fingerprint density at radius 2 is 2.06 bits per heavy atom. The first-order chi connectivity index (χ1) is 15.7. The summed E-state index contributed by atoms with van der Waals surface area (Å²) in [6.45, 7) is 7.11. The Hall–Kier alpha value is -3.26. The fourth-order valence-corrected chi connectivity index (χ4v) is 5.39. The Balaban J connectivity index is 1.63. The van der Waals surface area contributed by atoms with Gasteiger partial charge in [0, 0.05) is 23.2 Å². The van der Waals surface area contributed by atoms with Gasteiger partial charge in [-0.2, -0.15) is 0 Å². The van der Waals surface area contributed by atoms with Crippen molar-refractivity contribution in [3.8, 4) is 0 Å². The first-order valence-corrected chi connectivity index (χ1v) is 11.8. The lowest BCUT2D eigenvalue weighted by Crippen LogP contribution is -2.28. The zero-order chi connectivity index (χ0) is 23.6. The number of non-ortho nitro benzene ring substituents is 1. The molecule has 4 rings (SSSR count). The van der Waals surface area contributed by atoms with Gasteiger partial charge in [0.05, 0.1) is 23.3 Å². The summed E-state index contributed by atoms with van der Waals surface area (Å²) in [5, 5.41) is 14.5. The number of carbonyl (C=O) groups is 1. The molecule has 1 N–H and O–H groups in total. The van der Waals surface area contributed by atoms with Crippen LogP contribution in [0.15, 0.2) is 52.1 Å². The molecule has 0 unspecified atom stereocenters. The van der Waals surface area contributed by atoms with Gasteiger partial charge < -0.3 is 9.73 Å². The minimum atomic E-state index is -0.429. The molecule has 172 valence electrons. The number of nitrogens with zero attached hydrogens (tertiary/aromatic N) is 2. The van der Waals surface area contributed by atoms with E-state index in [2.05, 4.69) is 31.1 Å². The van der Waals surface area contributed by atoms with Gasteiger partial charge >= 0.3 is 0 Å². The van der Waals surface area contributed by atoms with Crippen LogP contribution in [0.2, 0.25) is 0 Å². The molecule has 0 saturated carbocycles. The van der Waals surface area contributed by atoms with Gasteiger partial charge in [-0.05, 0) is 66.0 Å². The van der Waals surface area contributed by atoms with E-state index in [-0.39, 0.29) is 17.0 Å². The lowest BCUT2D eigenvalue weighted by molar-refractivity contribution is -0.384. The molecule has 2 heterocycles. The van der Waals surface area contributed by atoms with Crippen LogP contribution in [0.25, 0.3) is 0 Å². The van der Waals surface area contributed by atoms with Crippen LogP contribution < -0.4 is 5.32 Å². The Bertz CT molecular complexity index is 1170. The molecule has 0 aliphatic heterocycles. The molecule has 1 aromatic carbocycles. The second kappa shape index (κ2) is 9.31. The Labute approximate surface area is 196 Å². The van der Waals surface area contributed by atoms with Crippen LogP contribution in [0, 0.1) is 21.4 Å². The fraction of sp³-hybridized carbons (Fsp3) is 0.360. The van der Waals surface area contributed by atoms with Gasteiger partial charge in [0.25, 0.3) is 11.6 Å². The van der Waals surface area contributed by atoms with Crippen molar-refractivity contribution in [1.82, 2.24) is 5.32 Å². The number of carbonyl (C=O) groups excluding carboxylic acids is 1. The van der Waals surface area contributed by atoms with E-state index in [1.807, 2.05) is 6.07 Å². The maximum atomic E-state index is 13.2. The predicted octanol–water partition coefficient (Wildman–Crippen LogP) is 6.08. The third kappa shape index (κ3) is 5.22. The van der Waals surface area contributed by atoms with Gasteiger partial charge in [0.1, 0.15) is 10.8 Å². The van der Waals surface area contributed by atoms with Crippen molar-refractivity contribution >= 4 is 34.1 Å². The van der Waals surface area contributed by atoms with E-state index in [0.29, 0.717) is 28.8 Å². The first-order valence-electron chi connectivity index (χ1n) is 11.0. The number of nitrogens with one attached hydrogen (secondary N) is 1. The van der Waals surface area contributed by atoms with Crippen molar-refractivity contribution in [1.29, 1.82) is 0 Å². The maximum Gasteiger partial charge on any atom is 0.269 e. The van der Waals surface area contributed by atoms with Crippen molar-refractivity contribution in [2.75, 3.05) is 0 Å². The van der Waals surface area contributed by atoms with Gasteiger partial charge in [-0.1, -0.05) is 20.8 Å². The van der Waals surface area contributed by atoms with Crippen molar-refractivity contribution in [3.05, 3.63) is 80.1 Å². The number of benzene rings is 1. The summed E-state index contributed by atoms with van der Waals surface area (Å²) in [6.07, 6.45) is 6.07. The van der Waals surface area contributed by atoms with Gasteiger partial charge in [0.15, 0.2) is 0 Å². The minimum Gasteiger partial charge on any atom is -0.467 e. The molecule has 0 spiro atoms. The molecule has 0 bridgehead atoms. The number of nitro benzene ring substituents is 1. The summed E-state index contributed by atoms with van der Waals surface area (Å²) < 4.78 is 5.34. The van der Waals surface area contributed by atoms with Crippen molar-refractivity contribution in [3.63, 3.8) is 0 Å². The molecule has 2 aromatic heterocycles. The Kier molecular flexibility index (Phi) is 6.47. The van der Waals surface area contributed by atoms with E-state index < -0.39 is 4.92 Å². The van der Waals surface area contributed by atoms with Gasteiger partial charge in [-0.3, -0.25) is 14.9 Å². The van der Waals surface area contributed by atoms with E-state index in [1.165, 1.54) is 17.0 Å². The van der Waals surface area contributed by atoms with Crippen molar-refractivity contribution in [2.45, 2.75) is 46.6 Å². The van der Waals surface area contributed by atoms with Crippen molar-refractivity contribution in [2.24, 2.45) is 16.3 Å². The standard InChI is InChI=1S/C25H27N3O4S/c1-25(2,3)17-8-11-20-21(13-17)33-24(22(20)23(29)26-15-19-5-4-12-32-19)27-14-16-6-9-18(10-7-16)28(30)31/h4-7,9-10,12,14,17H,8,11,13,15H2,1-3H3,(H,26,29)/t17-/m1/s1. The molecule has 1 amide bonds. The minimum absolute atomic E-state index is 0.0324. The molecule has 0 fully saturated rings. The second-order valence-electron chi connectivity index (χ2n) is 9.36. The number of thiophene rings is 1. The highest BCUT2D eigenvalue weighted by atomic mass is 32.1. The van der Waals surface area contributed by atoms with Crippen LogP contribution >= 0.6 is 11.3 Å². The topological polar surface area (TPSA) is 97.7 Å². The number of nitro groups is 1. The largest absolute Gasteiger partial charge is 0.467 e. The third-order valence-electron chi connectivity index (χ3n) is 6.14. The molecule has 0 saturated heterocycles. The lowest BCUT2D eigenvalue weighted by Gasteiger charge is -2.33. The Morgan fingerprint density at radius 1 is 1.30 bits per heavy atom.